The molecule has 0 bridgehead atoms. The lowest BCUT2D eigenvalue weighted by Gasteiger charge is -2.21. The number of epoxide rings is 1. The Bertz CT molecular complexity index is 285. The number of ether oxygens (including phenoxy) is 1. The minimum atomic E-state index is 0.343. The van der Waals surface area contributed by atoms with Crippen molar-refractivity contribution in [3.63, 3.8) is 0 Å². The second-order valence-electron chi connectivity index (χ2n) is 4.80. The molecule has 1 heteroatoms. The average Bonchev–Trinajstić information content (AvgIpc) is 3.00. The van der Waals surface area contributed by atoms with E-state index in [9.17, 15) is 0 Å². The van der Waals surface area contributed by atoms with Gasteiger partial charge in [0.1, 0.15) is 0 Å². The van der Waals surface area contributed by atoms with Crippen LogP contribution in [0.5, 0.6) is 0 Å². The van der Waals surface area contributed by atoms with Crippen LogP contribution in [0, 0.1) is 5.41 Å². The molecular formula is C13H18O. The molecule has 1 nitrogen and oxygen atoms in total. The standard InChI is InChI=1S/C13H18O/c1-13(2,12-10-14-12)9-8-11-6-4-3-5-7-11/h3-7,12H,8-10H2,1-2H3/t12-/m1/s1. The highest BCUT2D eigenvalue weighted by Gasteiger charge is 2.38. The molecule has 0 saturated carbocycles. The zero-order valence-electron chi connectivity index (χ0n) is 8.99. The summed E-state index contributed by atoms with van der Waals surface area (Å²) >= 11 is 0. The topological polar surface area (TPSA) is 12.5 Å². The van der Waals surface area contributed by atoms with E-state index in [1.807, 2.05) is 0 Å². The summed E-state index contributed by atoms with van der Waals surface area (Å²) < 4.78 is 5.36. The zero-order valence-corrected chi connectivity index (χ0v) is 8.99. The Kier molecular flexibility index (Phi) is 2.60. The van der Waals surface area contributed by atoms with E-state index < -0.39 is 0 Å². The second-order valence-corrected chi connectivity index (χ2v) is 4.80. The molecule has 1 heterocycles. The summed E-state index contributed by atoms with van der Waals surface area (Å²) in [5.74, 6) is 0. The molecule has 1 aromatic carbocycles. The molecule has 1 atom stereocenters. The molecule has 0 N–H and O–H groups in total. The maximum Gasteiger partial charge on any atom is 0.0860 e. The lowest BCUT2D eigenvalue weighted by atomic mass is 9.83. The quantitative estimate of drug-likeness (QED) is 0.665. The van der Waals surface area contributed by atoms with E-state index in [0.717, 1.165) is 13.0 Å². The monoisotopic (exact) mass is 190 g/mol. The van der Waals surface area contributed by atoms with Crippen molar-refractivity contribution in [3.05, 3.63) is 35.9 Å². The summed E-state index contributed by atoms with van der Waals surface area (Å²) in [4.78, 5) is 0. The first-order chi connectivity index (χ1) is 6.68. The third-order valence-electron chi connectivity index (χ3n) is 3.11. The minimum Gasteiger partial charge on any atom is -0.373 e. The summed E-state index contributed by atoms with van der Waals surface area (Å²) in [6.45, 7) is 5.56. The van der Waals surface area contributed by atoms with Gasteiger partial charge in [-0.15, -0.1) is 0 Å². The Labute approximate surface area is 86.1 Å². The van der Waals surface area contributed by atoms with Gasteiger partial charge in [-0.3, -0.25) is 0 Å². The van der Waals surface area contributed by atoms with Gasteiger partial charge >= 0.3 is 0 Å². The highest BCUT2D eigenvalue weighted by molar-refractivity contribution is 5.15. The molecule has 14 heavy (non-hydrogen) atoms. The molecule has 0 spiro atoms. The highest BCUT2D eigenvalue weighted by Crippen LogP contribution is 2.36. The summed E-state index contributed by atoms with van der Waals surface area (Å²) in [5.41, 5.74) is 1.77. The first kappa shape index (κ1) is 9.72. The van der Waals surface area contributed by atoms with Crippen molar-refractivity contribution in [1.29, 1.82) is 0 Å². The number of rotatable bonds is 4. The smallest absolute Gasteiger partial charge is 0.0860 e. The van der Waals surface area contributed by atoms with Gasteiger partial charge in [0.2, 0.25) is 0 Å². The van der Waals surface area contributed by atoms with Gasteiger partial charge < -0.3 is 4.74 Å². The Morgan fingerprint density at radius 2 is 1.93 bits per heavy atom. The Balaban J connectivity index is 1.87. The van der Waals surface area contributed by atoms with E-state index in [1.54, 1.807) is 0 Å². The van der Waals surface area contributed by atoms with Gasteiger partial charge in [0.05, 0.1) is 12.7 Å². The maximum atomic E-state index is 5.36. The Morgan fingerprint density at radius 1 is 1.29 bits per heavy atom. The summed E-state index contributed by atoms with van der Waals surface area (Å²) in [6, 6.07) is 10.7. The van der Waals surface area contributed by atoms with Crippen molar-refractivity contribution < 1.29 is 4.74 Å². The molecule has 0 aromatic heterocycles. The Hall–Kier alpha value is -0.820. The van der Waals surface area contributed by atoms with Crippen molar-refractivity contribution in [2.45, 2.75) is 32.8 Å². The van der Waals surface area contributed by atoms with Crippen LogP contribution in [0.1, 0.15) is 25.8 Å². The van der Waals surface area contributed by atoms with Crippen molar-refractivity contribution >= 4 is 0 Å². The largest absolute Gasteiger partial charge is 0.373 e. The molecule has 0 radical (unpaired) electrons. The first-order valence-corrected chi connectivity index (χ1v) is 5.34. The van der Waals surface area contributed by atoms with Crippen LogP contribution >= 0.6 is 0 Å². The third kappa shape index (κ3) is 2.36. The van der Waals surface area contributed by atoms with Crippen molar-refractivity contribution in [3.8, 4) is 0 Å². The van der Waals surface area contributed by atoms with Crippen LogP contribution in [0.15, 0.2) is 30.3 Å². The number of hydrogen-bond acceptors (Lipinski definition) is 1. The van der Waals surface area contributed by atoms with Crippen molar-refractivity contribution in [1.82, 2.24) is 0 Å². The molecular weight excluding hydrogens is 172 g/mol. The van der Waals surface area contributed by atoms with Gasteiger partial charge in [0, 0.05) is 0 Å². The molecule has 76 valence electrons. The second kappa shape index (κ2) is 3.74. The fourth-order valence-corrected chi connectivity index (χ4v) is 1.77. The lowest BCUT2D eigenvalue weighted by molar-refractivity contribution is 0.227. The maximum absolute atomic E-state index is 5.36. The molecule has 0 unspecified atom stereocenters. The van der Waals surface area contributed by atoms with Gasteiger partial charge in [-0.05, 0) is 23.8 Å². The minimum absolute atomic E-state index is 0.343. The van der Waals surface area contributed by atoms with Crippen LogP contribution in [-0.2, 0) is 11.2 Å². The predicted molar refractivity (Wildman–Crippen MR) is 58.3 cm³/mol. The van der Waals surface area contributed by atoms with Gasteiger partial charge in [0.15, 0.2) is 0 Å². The molecule has 1 aliphatic rings. The lowest BCUT2D eigenvalue weighted by Crippen LogP contribution is -2.19. The third-order valence-corrected chi connectivity index (χ3v) is 3.11. The average molecular weight is 190 g/mol. The zero-order chi connectivity index (χ0) is 10.0. The molecule has 0 amide bonds. The normalized spacial score (nSPS) is 20.9. The summed E-state index contributed by atoms with van der Waals surface area (Å²) in [5, 5.41) is 0. The van der Waals surface area contributed by atoms with Gasteiger partial charge in [-0.25, -0.2) is 0 Å². The van der Waals surface area contributed by atoms with Crippen molar-refractivity contribution in [2.24, 2.45) is 5.41 Å². The van der Waals surface area contributed by atoms with Crippen LogP contribution in [-0.4, -0.2) is 12.7 Å². The van der Waals surface area contributed by atoms with Crippen molar-refractivity contribution in [2.75, 3.05) is 6.61 Å². The Morgan fingerprint density at radius 3 is 2.50 bits per heavy atom. The molecule has 0 aliphatic carbocycles. The molecule has 1 aromatic rings. The van der Waals surface area contributed by atoms with E-state index in [-0.39, 0.29) is 0 Å². The molecule has 2 rings (SSSR count). The van der Waals surface area contributed by atoms with E-state index in [1.165, 1.54) is 12.0 Å². The van der Waals surface area contributed by atoms with Crippen LogP contribution in [0.25, 0.3) is 0 Å². The van der Waals surface area contributed by atoms with Crippen LogP contribution in [0.3, 0.4) is 0 Å². The van der Waals surface area contributed by atoms with E-state index >= 15 is 0 Å². The predicted octanol–water partition coefficient (Wildman–Crippen LogP) is 3.04. The number of aryl methyl sites for hydroxylation is 1. The van der Waals surface area contributed by atoms with E-state index in [0.29, 0.717) is 11.5 Å². The van der Waals surface area contributed by atoms with E-state index in [2.05, 4.69) is 44.2 Å². The highest BCUT2D eigenvalue weighted by atomic mass is 16.6. The SMILES string of the molecule is CC(C)(CCc1ccccc1)[C@H]1CO1. The number of hydrogen-bond donors (Lipinski definition) is 0. The molecule has 1 saturated heterocycles. The fraction of sp³-hybridized carbons (Fsp3) is 0.538. The number of benzene rings is 1. The van der Waals surface area contributed by atoms with E-state index in [4.69, 9.17) is 4.74 Å². The first-order valence-electron chi connectivity index (χ1n) is 5.34. The van der Waals surface area contributed by atoms with Crippen LogP contribution in [0.4, 0.5) is 0 Å². The molecule has 1 fully saturated rings. The van der Waals surface area contributed by atoms with Gasteiger partial charge in [-0.1, -0.05) is 44.2 Å². The summed E-state index contributed by atoms with van der Waals surface area (Å²) in [6.07, 6.45) is 2.88. The fourth-order valence-electron chi connectivity index (χ4n) is 1.77. The molecule has 1 aliphatic heterocycles. The van der Waals surface area contributed by atoms with Crippen LogP contribution in [0.2, 0.25) is 0 Å². The van der Waals surface area contributed by atoms with Gasteiger partial charge in [-0.2, -0.15) is 0 Å². The van der Waals surface area contributed by atoms with Crippen LogP contribution < -0.4 is 0 Å². The van der Waals surface area contributed by atoms with Gasteiger partial charge in [0.25, 0.3) is 0 Å². The summed E-state index contributed by atoms with van der Waals surface area (Å²) in [7, 11) is 0.